The molecule has 8 heteroatoms. The fourth-order valence-electron chi connectivity index (χ4n) is 5.29. The molecule has 0 aliphatic carbocycles. The molecule has 174 valence electrons. The first-order valence-electron chi connectivity index (χ1n) is 11.1. The number of nitrogens with zero attached hydrogens (tertiary/aromatic N) is 2. The van der Waals surface area contributed by atoms with E-state index < -0.39 is 29.4 Å². The van der Waals surface area contributed by atoms with Gasteiger partial charge < -0.3 is 19.3 Å². The third-order valence-corrected chi connectivity index (χ3v) is 6.94. The minimum absolute atomic E-state index is 0.0428. The summed E-state index contributed by atoms with van der Waals surface area (Å²) in [5, 5.41) is 10.4. The van der Waals surface area contributed by atoms with Crippen LogP contribution in [-0.4, -0.2) is 35.0 Å². The van der Waals surface area contributed by atoms with E-state index in [0.29, 0.717) is 16.3 Å². The van der Waals surface area contributed by atoms with Crippen LogP contribution in [0.15, 0.2) is 82.0 Å². The molecule has 4 aromatic rings. The van der Waals surface area contributed by atoms with Crippen LogP contribution in [0.5, 0.6) is 0 Å². The summed E-state index contributed by atoms with van der Waals surface area (Å²) in [4.78, 5) is 44.8. The van der Waals surface area contributed by atoms with Gasteiger partial charge in [-0.3, -0.25) is 14.4 Å². The number of aliphatic hydroxyl groups excluding tert-OH is 1. The number of amides is 2. The number of para-hydroxylation sites is 1. The molecule has 1 atom stereocenters. The minimum atomic E-state index is -1.75. The van der Waals surface area contributed by atoms with Gasteiger partial charge in [-0.2, -0.15) is 0 Å². The van der Waals surface area contributed by atoms with Crippen LogP contribution in [0.1, 0.15) is 27.2 Å². The number of carbonyl (C=O) groups is 2. The molecular weight excluding hydrogens is 468 g/mol. The molecule has 1 spiro atoms. The molecule has 1 unspecified atom stereocenters. The second kappa shape index (κ2) is 7.80. The van der Waals surface area contributed by atoms with Gasteiger partial charge in [0.05, 0.1) is 29.8 Å². The van der Waals surface area contributed by atoms with Gasteiger partial charge in [0.2, 0.25) is 5.76 Å². The number of rotatable bonds is 4. The summed E-state index contributed by atoms with van der Waals surface area (Å²) in [6, 6.07) is 21.1. The molecule has 2 aliphatic rings. The highest BCUT2D eigenvalue weighted by atomic mass is 35.5. The van der Waals surface area contributed by atoms with Gasteiger partial charge in [0.1, 0.15) is 5.58 Å². The first kappa shape index (κ1) is 21.6. The maximum atomic E-state index is 14.4. The topological polar surface area (TPSA) is 91.1 Å². The second-order valence-electron chi connectivity index (χ2n) is 8.56. The lowest BCUT2D eigenvalue weighted by molar-refractivity contribution is -0.126. The van der Waals surface area contributed by atoms with E-state index in [2.05, 4.69) is 0 Å². The molecular formula is C27H19ClN2O5. The highest BCUT2D eigenvalue weighted by molar-refractivity contribution is 6.31. The molecule has 3 heterocycles. The van der Waals surface area contributed by atoms with Crippen LogP contribution in [0.2, 0.25) is 5.02 Å². The molecule has 1 N–H and O–H groups in total. The quantitative estimate of drug-likeness (QED) is 0.475. The van der Waals surface area contributed by atoms with Crippen molar-refractivity contribution in [3.63, 3.8) is 0 Å². The molecule has 0 fully saturated rings. The molecule has 6 rings (SSSR count). The summed E-state index contributed by atoms with van der Waals surface area (Å²) < 4.78 is 5.93. The van der Waals surface area contributed by atoms with Crippen molar-refractivity contribution >= 4 is 40.1 Å². The molecule has 3 aromatic carbocycles. The van der Waals surface area contributed by atoms with E-state index in [1.807, 2.05) is 30.3 Å². The lowest BCUT2D eigenvalue weighted by atomic mass is 9.84. The molecule has 2 aliphatic heterocycles. The van der Waals surface area contributed by atoms with Crippen molar-refractivity contribution in [1.82, 2.24) is 4.90 Å². The molecule has 2 amide bonds. The SMILES string of the molecule is O=C1c2oc3ccc(Cl)cc3c(=O)c2C2(C(=O)N(Cc3ccccc3)c3ccccc32)N1CCO. The Hall–Kier alpha value is -3.94. The zero-order chi connectivity index (χ0) is 24.3. The number of anilines is 1. The van der Waals surface area contributed by atoms with Gasteiger partial charge in [-0.05, 0) is 29.8 Å². The lowest BCUT2D eigenvalue weighted by Crippen LogP contribution is -2.54. The third kappa shape index (κ3) is 2.85. The van der Waals surface area contributed by atoms with Gasteiger partial charge in [0.15, 0.2) is 11.0 Å². The largest absolute Gasteiger partial charge is 0.450 e. The van der Waals surface area contributed by atoms with Crippen molar-refractivity contribution in [2.24, 2.45) is 0 Å². The Morgan fingerprint density at radius 1 is 0.943 bits per heavy atom. The van der Waals surface area contributed by atoms with E-state index in [1.54, 1.807) is 35.2 Å². The average Bonchev–Trinajstić information content (AvgIpc) is 3.26. The Bertz CT molecular complexity index is 1580. The highest BCUT2D eigenvalue weighted by Gasteiger charge is 2.64. The van der Waals surface area contributed by atoms with E-state index in [9.17, 15) is 19.5 Å². The zero-order valence-electron chi connectivity index (χ0n) is 18.4. The van der Waals surface area contributed by atoms with Crippen molar-refractivity contribution in [3.8, 4) is 0 Å². The average molecular weight is 487 g/mol. The summed E-state index contributed by atoms with van der Waals surface area (Å²) in [7, 11) is 0. The number of halogens is 1. The van der Waals surface area contributed by atoms with E-state index in [1.165, 1.54) is 17.0 Å². The van der Waals surface area contributed by atoms with Crippen LogP contribution >= 0.6 is 11.6 Å². The van der Waals surface area contributed by atoms with Gasteiger partial charge in [-0.15, -0.1) is 0 Å². The van der Waals surface area contributed by atoms with Crippen molar-refractivity contribution in [1.29, 1.82) is 0 Å². The van der Waals surface area contributed by atoms with Gasteiger partial charge in [-0.1, -0.05) is 60.1 Å². The smallest absolute Gasteiger partial charge is 0.291 e. The first-order valence-corrected chi connectivity index (χ1v) is 11.5. The van der Waals surface area contributed by atoms with Crippen LogP contribution in [0.4, 0.5) is 5.69 Å². The Kier molecular flexibility index (Phi) is 4.81. The number of fused-ring (bicyclic) bond motifs is 5. The predicted octanol–water partition coefficient (Wildman–Crippen LogP) is 3.68. The minimum Gasteiger partial charge on any atom is -0.450 e. The summed E-state index contributed by atoms with van der Waals surface area (Å²) in [5.74, 6) is -1.26. The highest BCUT2D eigenvalue weighted by Crippen LogP contribution is 2.52. The molecule has 0 saturated carbocycles. The number of aliphatic hydroxyl groups is 1. The van der Waals surface area contributed by atoms with E-state index in [4.69, 9.17) is 16.0 Å². The Balaban J connectivity index is 1.67. The molecule has 0 radical (unpaired) electrons. The Labute approximate surface area is 204 Å². The fourth-order valence-corrected chi connectivity index (χ4v) is 5.46. The molecule has 0 bridgehead atoms. The first-order chi connectivity index (χ1) is 17.0. The molecule has 7 nitrogen and oxygen atoms in total. The summed E-state index contributed by atoms with van der Waals surface area (Å²) in [6.07, 6.45) is 0. The monoisotopic (exact) mass is 486 g/mol. The number of hydrogen-bond acceptors (Lipinski definition) is 5. The number of benzene rings is 3. The van der Waals surface area contributed by atoms with E-state index >= 15 is 0 Å². The zero-order valence-corrected chi connectivity index (χ0v) is 19.2. The maximum absolute atomic E-state index is 14.4. The Morgan fingerprint density at radius 3 is 2.46 bits per heavy atom. The lowest BCUT2D eigenvalue weighted by Gasteiger charge is -2.33. The van der Waals surface area contributed by atoms with Crippen molar-refractivity contribution in [2.45, 2.75) is 12.1 Å². The van der Waals surface area contributed by atoms with Crippen molar-refractivity contribution in [2.75, 3.05) is 18.1 Å². The molecule has 0 saturated heterocycles. The summed E-state index contributed by atoms with van der Waals surface area (Å²) in [6.45, 7) is -0.298. The van der Waals surface area contributed by atoms with Gasteiger partial charge >= 0.3 is 0 Å². The predicted molar refractivity (Wildman–Crippen MR) is 130 cm³/mol. The van der Waals surface area contributed by atoms with E-state index in [0.717, 1.165) is 5.56 Å². The third-order valence-electron chi connectivity index (χ3n) is 6.70. The van der Waals surface area contributed by atoms with Crippen LogP contribution in [0.3, 0.4) is 0 Å². The maximum Gasteiger partial charge on any atom is 0.291 e. The number of hydrogen-bond donors (Lipinski definition) is 1. The van der Waals surface area contributed by atoms with Crippen molar-refractivity contribution in [3.05, 3.63) is 110 Å². The van der Waals surface area contributed by atoms with Crippen molar-refractivity contribution < 1.29 is 19.1 Å². The van der Waals surface area contributed by atoms with Crippen LogP contribution in [0, 0.1) is 0 Å². The summed E-state index contributed by atoms with van der Waals surface area (Å²) in [5.41, 5.74) is -0.111. The second-order valence-corrected chi connectivity index (χ2v) is 9.00. The normalized spacial score (nSPS) is 18.6. The summed E-state index contributed by atoms with van der Waals surface area (Å²) >= 11 is 6.16. The standard InChI is InChI=1S/C27H19ClN2O5/c28-17-10-11-21-18(14-17)23(32)22-24(35-21)25(33)30(12-13-31)27(22)19-8-4-5-9-20(19)29(26(27)34)15-16-6-2-1-3-7-16/h1-11,14,31H,12-13,15H2. The van der Waals surface area contributed by atoms with Crippen LogP contribution < -0.4 is 10.3 Å². The fraction of sp³-hybridized carbons (Fsp3) is 0.148. The van der Waals surface area contributed by atoms with Gasteiger partial charge in [0.25, 0.3) is 11.8 Å². The van der Waals surface area contributed by atoms with Crippen LogP contribution in [0.25, 0.3) is 11.0 Å². The molecule has 35 heavy (non-hydrogen) atoms. The van der Waals surface area contributed by atoms with Crippen LogP contribution in [-0.2, 0) is 16.9 Å². The van der Waals surface area contributed by atoms with Gasteiger partial charge in [-0.25, -0.2) is 0 Å². The number of carbonyl (C=O) groups excluding carboxylic acids is 2. The Morgan fingerprint density at radius 2 is 1.69 bits per heavy atom. The van der Waals surface area contributed by atoms with Gasteiger partial charge in [0, 0.05) is 17.1 Å². The number of β-amino-alcohol motifs (C(OH)–C–C–N with tert-alkyl or cyclic N) is 1. The van der Waals surface area contributed by atoms with E-state index in [-0.39, 0.29) is 35.4 Å². The molecule has 1 aromatic heterocycles.